The minimum absolute atomic E-state index is 0.127. The largest absolute Gasteiger partial charge is 0.381 e. The summed E-state index contributed by atoms with van der Waals surface area (Å²) >= 11 is 1.44. The van der Waals surface area contributed by atoms with Crippen molar-refractivity contribution in [2.75, 3.05) is 5.88 Å². The first-order valence-corrected chi connectivity index (χ1v) is 14.1. The van der Waals surface area contributed by atoms with Gasteiger partial charge >= 0.3 is 0 Å². The smallest absolute Gasteiger partial charge is 0.254 e. The molecule has 3 unspecified atom stereocenters. The van der Waals surface area contributed by atoms with Crippen molar-refractivity contribution >= 4 is 29.5 Å². The van der Waals surface area contributed by atoms with Crippen molar-refractivity contribution in [1.29, 1.82) is 0 Å². The van der Waals surface area contributed by atoms with Gasteiger partial charge in [0.2, 0.25) is 5.91 Å². The molecule has 0 bridgehead atoms. The number of halogens is 1. The molecule has 0 saturated carbocycles. The van der Waals surface area contributed by atoms with Crippen LogP contribution >= 0.6 is 11.8 Å². The molecule has 1 aliphatic heterocycles. The molecule has 210 valence electrons. The Morgan fingerprint density at radius 2 is 1.68 bits per heavy atom. The molecule has 1 fully saturated rings. The van der Waals surface area contributed by atoms with Gasteiger partial charge in [-0.25, -0.2) is 4.39 Å². The average Bonchev–Trinajstić information content (AvgIpc) is 3.26. The van der Waals surface area contributed by atoms with Crippen LogP contribution < -0.4 is 10.6 Å². The molecule has 40 heavy (non-hydrogen) atoms. The summed E-state index contributed by atoms with van der Waals surface area (Å²) < 4.78 is 13.7. The summed E-state index contributed by atoms with van der Waals surface area (Å²) in [4.78, 5) is 41.5. The molecule has 9 heteroatoms. The quantitative estimate of drug-likeness (QED) is 0.368. The molecule has 0 spiro atoms. The van der Waals surface area contributed by atoms with Crippen LogP contribution in [-0.4, -0.2) is 56.5 Å². The normalized spacial score (nSPS) is 17.6. The van der Waals surface area contributed by atoms with Crippen molar-refractivity contribution in [2.24, 2.45) is 0 Å². The molecule has 0 aliphatic carbocycles. The second-order valence-electron chi connectivity index (χ2n) is 10.4. The number of benzene rings is 3. The second-order valence-corrected chi connectivity index (χ2v) is 12.0. The van der Waals surface area contributed by atoms with Crippen molar-refractivity contribution in [3.05, 3.63) is 107 Å². The number of nitrogens with one attached hydrogen (secondary N) is 2. The number of hydrogen-bond acceptors (Lipinski definition) is 5. The number of aliphatic hydroxyl groups is 1. The fourth-order valence-corrected chi connectivity index (χ4v) is 5.98. The van der Waals surface area contributed by atoms with Crippen LogP contribution in [0.3, 0.4) is 0 Å². The predicted octanol–water partition coefficient (Wildman–Crippen LogP) is 3.83. The summed E-state index contributed by atoms with van der Waals surface area (Å²) in [7, 11) is 0. The molecule has 4 rings (SSSR count). The molecular formula is C31H34FN3O4S. The van der Waals surface area contributed by atoms with E-state index in [-0.39, 0.29) is 23.8 Å². The van der Waals surface area contributed by atoms with Gasteiger partial charge in [-0.05, 0) is 56.0 Å². The Labute approximate surface area is 238 Å². The first-order valence-electron chi connectivity index (χ1n) is 13.1. The summed E-state index contributed by atoms with van der Waals surface area (Å²) in [5, 5.41) is 16.9. The van der Waals surface area contributed by atoms with Crippen molar-refractivity contribution in [3.63, 3.8) is 0 Å². The zero-order valence-electron chi connectivity index (χ0n) is 22.8. The molecule has 3 atom stereocenters. The minimum atomic E-state index is -1.67. The maximum atomic E-state index is 14.3. The van der Waals surface area contributed by atoms with Gasteiger partial charge in [0.05, 0.1) is 17.5 Å². The number of rotatable bonds is 9. The SMILES string of the molecule is Cc1ccccc1CNC(=O)C1N(C(=O)C(O)C(Cc2ccccc2)NC(=O)c2ccccc2F)CSC1(C)C. The Balaban J connectivity index is 1.55. The maximum Gasteiger partial charge on any atom is 0.254 e. The fourth-order valence-electron chi connectivity index (χ4n) is 4.84. The Hall–Kier alpha value is -3.69. The van der Waals surface area contributed by atoms with E-state index in [0.29, 0.717) is 6.54 Å². The van der Waals surface area contributed by atoms with Crippen LogP contribution in [0, 0.1) is 12.7 Å². The van der Waals surface area contributed by atoms with E-state index in [4.69, 9.17) is 0 Å². The van der Waals surface area contributed by atoms with Gasteiger partial charge < -0.3 is 20.6 Å². The number of amides is 3. The van der Waals surface area contributed by atoms with Crippen LogP contribution in [0.25, 0.3) is 0 Å². The van der Waals surface area contributed by atoms with Crippen LogP contribution in [0.2, 0.25) is 0 Å². The zero-order chi connectivity index (χ0) is 28.9. The van der Waals surface area contributed by atoms with Crippen LogP contribution in [0.4, 0.5) is 4.39 Å². The fraction of sp³-hybridized carbons (Fsp3) is 0.323. The standard InChI is InChI=1S/C31H34FN3O4S/c1-20-11-7-8-14-22(20)18-33-29(38)27-31(2,3)40-19-35(27)30(39)26(36)25(17-21-12-5-4-6-13-21)34-28(37)23-15-9-10-16-24(23)32/h4-16,25-27,36H,17-19H2,1-3H3,(H,33,38)(H,34,37). The van der Waals surface area contributed by atoms with Gasteiger partial charge in [0.1, 0.15) is 11.9 Å². The Morgan fingerprint density at radius 1 is 1.02 bits per heavy atom. The summed E-state index contributed by atoms with van der Waals surface area (Å²) in [6, 6.07) is 20.4. The van der Waals surface area contributed by atoms with Crippen molar-refractivity contribution in [3.8, 4) is 0 Å². The molecule has 1 heterocycles. The van der Waals surface area contributed by atoms with E-state index in [1.54, 1.807) is 0 Å². The van der Waals surface area contributed by atoms with Gasteiger partial charge in [-0.3, -0.25) is 14.4 Å². The lowest BCUT2D eigenvalue weighted by atomic mass is 9.96. The van der Waals surface area contributed by atoms with Crippen LogP contribution in [0.5, 0.6) is 0 Å². The lowest BCUT2D eigenvalue weighted by molar-refractivity contribution is -0.147. The molecule has 3 aromatic rings. The van der Waals surface area contributed by atoms with E-state index in [9.17, 15) is 23.9 Å². The highest BCUT2D eigenvalue weighted by molar-refractivity contribution is 8.00. The van der Waals surface area contributed by atoms with Crippen molar-refractivity contribution in [2.45, 2.75) is 56.7 Å². The summed E-state index contributed by atoms with van der Waals surface area (Å²) in [5.74, 6) is -2.25. The highest BCUT2D eigenvalue weighted by atomic mass is 32.2. The molecule has 3 N–H and O–H groups in total. The Bertz CT molecular complexity index is 1370. The number of thioether (sulfide) groups is 1. The van der Waals surface area contributed by atoms with Crippen molar-refractivity contribution < 1.29 is 23.9 Å². The molecule has 3 aromatic carbocycles. The third-order valence-corrected chi connectivity index (χ3v) is 8.53. The molecule has 1 saturated heterocycles. The maximum absolute atomic E-state index is 14.3. The highest BCUT2D eigenvalue weighted by Gasteiger charge is 2.49. The van der Waals surface area contributed by atoms with E-state index < -0.39 is 40.6 Å². The summed E-state index contributed by atoms with van der Waals surface area (Å²) in [6.45, 7) is 6.04. The van der Waals surface area contributed by atoms with E-state index in [1.165, 1.54) is 40.9 Å². The minimum Gasteiger partial charge on any atom is -0.381 e. The number of aryl methyl sites for hydroxylation is 1. The van der Waals surface area contributed by atoms with E-state index in [2.05, 4.69) is 10.6 Å². The molecule has 0 radical (unpaired) electrons. The topological polar surface area (TPSA) is 98.7 Å². The lowest BCUT2D eigenvalue weighted by Gasteiger charge is -2.33. The highest BCUT2D eigenvalue weighted by Crippen LogP contribution is 2.40. The van der Waals surface area contributed by atoms with Gasteiger partial charge in [0.25, 0.3) is 11.8 Å². The Kier molecular flexibility index (Phi) is 9.27. The van der Waals surface area contributed by atoms with Gasteiger partial charge in [0.15, 0.2) is 6.10 Å². The third-order valence-electron chi connectivity index (χ3n) is 7.16. The monoisotopic (exact) mass is 563 g/mol. The molecule has 0 aromatic heterocycles. The number of nitrogens with zero attached hydrogens (tertiary/aromatic N) is 1. The van der Waals surface area contributed by atoms with Gasteiger partial charge in [0, 0.05) is 11.3 Å². The summed E-state index contributed by atoms with van der Waals surface area (Å²) in [5.41, 5.74) is 2.60. The predicted molar refractivity (Wildman–Crippen MR) is 154 cm³/mol. The first-order chi connectivity index (χ1) is 19.1. The van der Waals surface area contributed by atoms with Gasteiger partial charge in [-0.1, -0.05) is 66.7 Å². The van der Waals surface area contributed by atoms with Gasteiger partial charge in [-0.2, -0.15) is 0 Å². The summed E-state index contributed by atoms with van der Waals surface area (Å²) in [6.07, 6.45) is -1.54. The van der Waals surface area contributed by atoms with Gasteiger partial charge in [-0.15, -0.1) is 11.8 Å². The molecule has 3 amide bonds. The first kappa shape index (κ1) is 29.3. The van der Waals surface area contributed by atoms with E-state index in [1.807, 2.05) is 75.4 Å². The number of hydrogen-bond donors (Lipinski definition) is 3. The third kappa shape index (κ3) is 6.71. The zero-order valence-corrected chi connectivity index (χ0v) is 23.6. The average molecular weight is 564 g/mol. The van der Waals surface area contributed by atoms with E-state index >= 15 is 0 Å². The lowest BCUT2D eigenvalue weighted by Crippen LogP contribution is -2.58. The Morgan fingerprint density at radius 3 is 2.38 bits per heavy atom. The van der Waals surface area contributed by atoms with Crippen molar-refractivity contribution in [1.82, 2.24) is 15.5 Å². The number of carbonyl (C=O) groups is 3. The molecule has 1 aliphatic rings. The van der Waals surface area contributed by atoms with E-state index in [0.717, 1.165) is 16.7 Å². The molecular weight excluding hydrogens is 529 g/mol. The van der Waals surface area contributed by atoms with Crippen LogP contribution in [0.1, 0.15) is 40.9 Å². The van der Waals surface area contributed by atoms with Crippen LogP contribution in [-0.2, 0) is 22.6 Å². The number of carbonyl (C=O) groups excluding carboxylic acids is 3. The molecule has 7 nitrogen and oxygen atoms in total. The second kappa shape index (κ2) is 12.7. The van der Waals surface area contributed by atoms with Crippen LogP contribution in [0.15, 0.2) is 78.9 Å². The number of aliphatic hydroxyl groups excluding tert-OH is 1.